The van der Waals surface area contributed by atoms with Gasteiger partial charge in [0.05, 0.1) is 11.8 Å². The van der Waals surface area contributed by atoms with Crippen molar-refractivity contribution in [3.63, 3.8) is 0 Å². The van der Waals surface area contributed by atoms with Crippen molar-refractivity contribution in [1.29, 1.82) is 0 Å². The Morgan fingerprint density at radius 2 is 1.81 bits per heavy atom. The zero-order valence-corrected chi connectivity index (χ0v) is 19.9. The topological polar surface area (TPSA) is 69.0 Å². The first-order chi connectivity index (χ1) is 14.8. The first kappa shape index (κ1) is 23.2. The van der Waals surface area contributed by atoms with Gasteiger partial charge in [-0.1, -0.05) is 53.7 Å². The third-order valence-electron chi connectivity index (χ3n) is 4.96. The van der Waals surface area contributed by atoms with E-state index in [0.717, 1.165) is 27.5 Å². The number of carbonyl (C=O) groups excluding carboxylic acids is 1. The molecule has 2 unspecified atom stereocenters. The number of thioether (sulfide) groups is 1. The molecule has 0 aliphatic rings. The molecule has 0 bridgehead atoms. The van der Waals surface area contributed by atoms with Crippen LogP contribution in [0, 0.1) is 13.8 Å². The van der Waals surface area contributed by atoms with Gasteiger partial charge in [-0.2, -0.15) is 0 Å². The molecule has 31 heavy (non-hydrogen) atoms. The number of halogens is 1. The van der Waals surface area contributed by atoms with Gasteiger partial charge in [-0.15, -0.1) is 10.2 Å². The molecule has 0 aliphatic heterocycles. The van der Waals surface area contributed by atoms with Gasteiger partial charge in [0.2, 0.25) is 5.91 Å². The number of rotatable bonds is 8. The minimum atomic E-state index is -0.307. The highest BCUT2D eigenvalue weighted by molar-refractivity contribution is 7.99. The van der Waals surface area contributed by atoms with E-state index >= 15 is 0 Å². The molecule has 1 aromatic heterocycles. The second kappa shape index (κ2) is 10.2. The molecule has 0 fully saturated rings. The van der Waals surface area contributed by atoms with Gasteiger partial charge in [0.25, 0.3) is 0 Å². The number of carbonyl (C=O) groups is 1. The van der Waals surface area contributed by atoms with E-state index in [2.05, 4.69) is 15.5 Å². The number of hydrogen-bond donors (Lipinski definition) is 1. The highest BCUT2D eigenvalue weighted by Crippen LogP contribution is 2.29. The molecule has 1 heterocycles. The van der Waals surface area contributed by atoms with Crippen molar-refractivity contribution in [2.45, 2.75) is 45.0 Å². The fraction of sp³-hybridized carbons (Fsp3) is 0.348. The molecule has 2 atom stereocenters. The van der Waals surface area contributed by atoms with Crippen molar-refractivity contribution in [3.05, 3.63) is 70.0 Å². The first-order valence-corrected chi connectivity index (χ1v) is 11.4. The molecule has 1 N–H and O–H groups in total. The lowest BCUT2D eigenvalue weighted by molar-refractivity contribution is -0.119. The summed E-state index contributed by atoms with van der Waals surface area (Å²) in [7, 11) is 1.88. The van der Waals surface area contributed by atoms with Crippen molar-refractivity contribution < 1.29 is 9.53 Å². The van der Waals surface area contributed by atoms with Crippen LogP contribution in [0.5, 0.6) is 5.75 Å². The summed E-state index contributed by atoms with van der Waals surface area (Å²) in [5.41, 5.74) is 3.00. The van der Waals surface area contributed by atoms with Crippen LogP contribution in [0.2, 0.25) is 5.02 Å². The normalized spacial score (nSPS) is 13.0. The van der Waals surface area contributed by atoms with Crippen LogP contribution in [0.4, 0.5) is 0 Å². The van der Waals surface area contributed by atoms with E-state index in [1.165, 1.54) is 11.8 Å². The molecule has 0 aliphatic carbocycles. The molecule has 3 rings (SSSR count). The van der Waals surface area contributed by atoms with Crippen LogP contribution in [0.1, 0.15) is 48.5 Å². The molecule has 6 nitrogen and oxygen atoms in total. The number of benzene rings is 2. The van der Waals surface area contributed by atoms with E-state index in [-0.39, 0.29) is 23.8 Å². The largest absolute Gasteiger partial charge is 0.483 e. The van der Waals surface area contributed by atoms with Gasteiger partial charge >= 0.3 is 0 Å². The lowest BCUT2D eigenvalue weighted by Crippen LogP contribution is -2.28. The first-order valence-electron chi connectivity index (χ1n) is 10.1. The number of amides is 1. The zero-order valence-electron chi connectivity index (χ0n) is 18.3. The Bertz CT molecular complexity index is 1030. The summed E-state index contributed by atoms with van der Waals surface area (Å²) >= 11 is 7.59. The Hall–Kier alpha value is -2.51. The second-order valence-electron chi connectivity index (χ2n) is 7.52. The Morgan fingerprint density at radius 3 is 2.45 bits per heavy atom. The predicted molar refractivity (Wildman–Crippen MR) is 125 cm³/mol. The summed E-state index contributed by atoms with van der Waals surface area (Å²) in [5.74, 6) is 1.63. The van der Waals surface area contributed by atoms with Crippen molar-refractivity contribution in [3.8, 4) is 5.75 Å². The quantitative estimate of drug-likeness (QED) is 0.470. The minimum Gasteiger partial charge on any atom is -0.483 e. The summed E-state index contributed by atoms with van der Waals surface area (Å²) < 4.78 is 7.93. The molecule has 0 saturated heterocycles. The Labute approximate surface area is 192 Å². The van der Waals surface area contributed by atoms with E-state index in [1.54, 1.807) is 0 Å². The van der Waals surface area contributed by atoms with E-state index < -0.39 is 0 Å². The predicted octanol–water partition coefficient (Wildman–Crippen LogP) is 5.19. The monoisotopic (exact) mass is 458 g/mol. The minimum absolute atomic E-state index is 0.0518. The van der Waals surface area contributed by atoms with Gasteiger partial charge in [0.1, 0.15) is 5.75 Å². The summed E-state index contributed by atoms with van der Waals surface area (Å²) in [6, 6.07) is 13.7. The number of nitrogens with zero attached hydrogens (tertiary/aromatic N) is 3. The Kier molecular flexibility index (Phi) is 7.62. The summed E-state index contributed by atoms with van der Waals surface area (Å²) in [6.45, 7) is 7.80. The van der Waals surface area contributed by atoms with Gasteiger partial charge in [0, 0.05) is 12.1 Å². The zero-order chi connectivity index (χ0) is 22.5. The summed E-state index contributed by atoms with van der Waals surface area (Å²) in [6.07, 6.45) is -0.307. The van der Waals surface area contributed by atoms with Gasteiger partial charge < -0.3 is 14.6 Å². The number of nitrogens with one attached hydrogen (secondary N) is 1. The van der Waals surface area contributed by atoms with Gasteiger partial charge in [0.15, 0.2) is 17.1 Å². The number of aromatic nitrogens is 3. The van der Waals surface area contributed by atoms with Crippen LogP contribution in [0.3, 0.4) is 0 Å². The van der Waals surface area contributed by atoms with Crippen LogP contribution in [0.15, 0.2) is 47.6 Å². The Morgan fingerprint density at radius 1 is 1.16 bits per heavy atom. The molecule has 2 aromatic carbocycles. The molecule has 3 aromatic rings. The van der Waals surface area contributed by atoms with Crippen molar-refractivity contribution >= 4 is 29.3 Å². The van der Waals surface area contributed by atoms with Crippen molar-refractivity contribution in [2.24, 2.45) is 7.05 Å². The van der Waals surface area contributed by atoms with E-state index in [1.807, 2.05) is 81.8 Å². The molecular weight excluding hydrogens is 432 g/mol. The maximum atomic E-state index is 12.4. The molecule has 0 radical (unpaired) electrons. The summed E-state index contributed by atoms with van der Waals surface area (Å²) in [5, 5.41) is 12.9. The molecule has 8 heteroatoms. The van der Waals surface area contributed by atoms with Crippen LogP contribution in [-0.4, -0.2) is 26.4 Å². The van der Waals surface area contributed by atoms with Crippen LogP contribution in [0.25, 0.3) is 0 Å². The van der Waals surface area contributed by atoms with Crippen LogP contribution >= 0.6 is 23.4 Å². The van der Waals surface area contributed by atoms with Crippen molar-refractivity contribution in [2.75, 3.05) is 5.75 Å². The van der Waals surface area contributed by atoms with Crippen LogP contribution in [-0.2, 0) is 11.8 Å². The molecule has 1 amide bonds. The lowest BCUT2D eigenvalue weighted by atomic mass is 10.1. The van der Waals surface area contributed by atoms with Gasteiger partial charge in [-0.05, 0) is 56.5 Å². The number of aryl methyl sites for hydroxylation is 2. The fourth-order valence-electron chi connectivity index (χ4n) is 3.28. The third kappa shape index (κ3) is 5.80. The second-order valence-corrected chi connectivity index (χ2v) is 8.84. The SMILES string of the molecule is Cc1cc(OC(C)c2nnc(SCC(=O)NC(C)c3ccccc3)n2C)cc(C)c1Cl. The van der Waals surface area contributed by atoms with Gasteiger partial charge in [-0.3, -0.25) is 4.79 Å². The molecule has 0 saturated carbocycles. The molecule has 164 valence electrons. The number of hydrogen-bond acceptors (Lipinski definition) is 5. The smallest absolute Gasteiger partial charge is 0.230 e. The molecular formula is C23H27ClN4O2S. The number of ether oxygens (including phenoxy) is 1. The lowest BCUT2D eigenvalue weighted by Gasteiger charge is -2.16. The Balaban J connectivity index is 1.59. The van der Waals surface area contributed by atoms with Gasteiger partial charge in [-0.25, -0.2) is 0 Å². The van der Waals surface area contributed by atoms with E-state index in [4.69, 9.17) is 16.3 Å². The van der Waals surface area contributed by atoms with E-state index in [0.29, 0.717) is 11.0 Å². The average molecular weight is 459 g/mol. The van der Waals surface area contributed by atoms with Crippen molar-refractivity contribution in [1.82, 2.24) is 20.1 Å². The highest BCUT2D eigenvalue weighted by atomic mass is 35.5. The van der Waals surface area contributed by atoms with Crippen LogP contribution < -0.4 is 10.1 Å². The fourth-order valence-corrected chi connectivity index (χ4v) is 4.11. The summed E-state index contributed by atoms with van der Waals surface area (Å²) in [4.78, 5) is 12.4. The maximum Gasteiger partial charge on any atom is 0.230 e. The average Bonchev–Trinajstić information content (AvgIpc) is 3.11. The standard InChI is InChI=1S/C23H27ClN4O2S/c1-14-11-19(12-15(2)21(14)24)30-17(4)22-26-27-23(28(22)5)31-13-20(29)25-16(3)18-9-7-6-8-10-18/h6-12,16-17H,13H2,1-5H3,(H,25,29). The molecule has 0 spiro atoms. The highest BCUT2D eigenvalue weighted by Gasteiger charge is 2.19. The maximum absolute atomic E-state index is 12.4. The third-order valence-corrected chi connectivity index (χ3v) is 6.58. The van der Waals surface area contributed by atoms with E-state index in [9.17, 15) is 4.79 Å².